The van der Waals surface area contributed by atoms with Crippen molar-refractivity contribution in [3.63, 3.8) is 0 Å². The molecule has 0 radical (unpaired) electrons. The number of aromatic nitrogens is 2. The SMILES string of the molecule is C=IC(F)(F)c1ccc(-c2cc(CNC(=O)[C@@H]3C[C@@H](C)[C@H](C)N3S(=O)(=O)C3=CC=C(F)CC3)ncc2F)cn1. The van der Waals surface area contributed by atoms with Gasteiger partial charge in [-0.15, -0.1) is 0 Å². The third kappa shape index (κ3) is 6.14. The number of hydrogen-bond donors (Lipinski definition) is 1. The zero-order valence-electron chi connectivity index (χ0n) is 21.2. The molecule has 0 saturated carbocycles. The van der Waals surface area contributed by atoms with E-state index in [0.29, 0.717) is 6.42 Å². The Bertz CT molecular complexity index is 1450. The predicted molar refractivity (Wildman–Crippen MR) is 149 cm³/mol. The van der Waals surface area contributed by atoms with Crippen LogP contribution >= 0.6 is 20.7 Å². The first-order valence-corrected chi connectivity index (χ1v) is 16.1. The van der Waals surface area contributed by atoms with Crippen molar-refractivity contribution in [1.82, 2.24) is 19.6 Å². The number of pyridine rings is 2. The van der Waals surface area contributed by atoms with Crippen molar-refractivity contribution in [2.24, 2.45) is 5.92 Å². The van der Waals surface area contributed by atoms with E-state index in [0.717, 1.165) is 24.5 Å². The summed E-state index contributed by atoms with van der Waals surface area (Å²) in [5, 5.41) is 2.69. The predicted octanol–water partition coefficient (Wildman–Crippen LogP) is 5.31. The van der Waals surface area contributed by atoms with Crippen LogP contribution < -0.4 is 5.32 Å². The Morgan fingerprint density at radius 2 is 1.92 bits per heavy atom. The van der Waals surface area contributed by atoms with Crippen LogP contribution in [-0.4, -0.2) is 45.2 Å². The molecule has 13 heteroatoms. The van der Waals surface area contributed by atoms with Gasteiger partial charge in [-0.2, -0.15) is 13.1 Å². The fourth-order valence-electron chi connectivity index (χ4n) is 4.62. The Morgan fingerprint density at radius 1 is 1.18 bits per heavy atom. The van der Waals surface area contributed by atoms with E-state index in [-0.39, 0.29) is 47.0 Å². The van der Waals surface area contributed by atoms with Gasteiger partial charge in [0.1, 0.15) is 23.4 Å². The van der Waals surface area contributed by atoms with Gasteiger partial charge in [-0.25, -0.2) is 17.2 Å². The highest BCUT2D eigenvalue weighted by atomic mass is 127. The number of alkyl halides is 3. The summed E-state index contributed by atoms with van der Waals surface area (Å²) in [6.07, 6.45) is 4.77. The molecule has 1 saturated heterocycles. The molecule has 0 spiro atoms. The van der Waals surface area contributed by atoms with Gasteiger partial charge < -0.3 is 5.32 Å². The van der Waals surface area contributed by atoms with Crippen LogP contribution in [0.4, 0.5) is 17.6 Å². The second kappa shape index (κ2) is 11.5. The zero-order chi connectivity index (χ0) is 28.5. The molecule has 3 atom stereocenters. The van der Waals surface area contributed by atoms with Crippen LogP contribution in [0.25, 0.3) is 11.1 Å². The third-order valence-electron chi connectivity index (χ3n) is 6.99. The normalized spacial score (nSPS) is 22.4. The molecule has 39 heavy (non-hydrogen) atoms. The first-order chi connectivity index (χ1) is 18.3. The molecule has 1 aliphatic carbocycles. The summed E-state index contributed by atoms with van der Waals surface area (Å²) < 4.78 is 83.9. The number of hydrogen-bond acceptors (Lipinski definition) is 5. The molecule has 1 aliphatic heterocycles. The van der Waals surface area contributed by atoms with Crippen LogP contribution in [0.3, 0.4) is 0 Å². The molecule has 1 N–H and O–H groups in total. The molecule has 2 aromatic rings. The Hall–Kier alpha value is -2.52. The molecular weight excluding hydrogens is 651 g/mol. The maximum absolute atomic E-state index is 14.5. The van der Waals surface area contributed by atoms with Gasteiger partial charge in [0.05, 0.1) is 23.3 Å². The molecule has 0 unspecified atom stereocenters. The lowest BCUT2D eigenvalue weighted by atomic mass is 10.0. The Balaban J connectivity index is 1.51. The van der Waals surface area contributed by atoms with Gasteiger partial charge in [0.15, 0.2) is 0 Å². The van der Waals surface area contributed by atoms with Crippen molar-refractivity contribution in [1.29, 1.82) is 0 Å². The molecule has 2 aromatic heterocycles. The number of nitrogens with one attached hydrogen (secondary N) is 1. The number of carbonyl (C=O) groups is 1. The average Bonchev–Trinajstić information content (AvgIpc) is 3.23. The van der Waals surface area contributed by atoms with Gasteiger partial charge >= 0.3 is 3.93 Å². The number of amides is 1. The Morgan fingerprint density at radius 3 is 2.54 bits per heavy atom. The summed E-state index contributed by atoms with van der Waals surface area (Å²) in [5.74, 6) is -1.74. The van der Waals surface area contributed by atoms with E-state index in [1.54, 1.807) is 6.92 Å². The highest BCUT2D eigenvalue weighted by molar-refractivity contribution is 14.2. The van der Waals surface area contributed by atoms with Gasteiger partial charge in [0, 0.05) is 29.8 Å². The minimum absolute atomic E-state index is 0.0171. The highest BCUT2D eigenvalue weighted by Crippen LogP contribution is 2.38. The van der Waals surface area contributed by atoms with E-state index in [1.807, 2.05) is 6.92 Å². The molecule has 210 valence electrons. The first kappa shape index (κ1) is 29.5. The van der Waals surface area contributed by atoms with Crippen molar-refractivity contribution in [2.75, 3.05) is 0 Å². The van der Waals surface area contributed by atoms with E-state index in [2.05, 4.69) is 19.8 Å². The number of nitrogens with zero attached hydrogens (tertiary/aromatic N) is 3. The molecule has 3 heterocycles. The summed E-state index contributed by atoms with van der Waals surface area (Å²) in [6, 6.07) is 2.41. The average molecular weight is 678 g/mol. The Kier molecular flexibility index (Phi) is 8.71. The van der Waals surface area contributed by atoms with Crippen molar-refractivity contribution in [2.45, 2.75) is 55.7 Å². The quantitative estimate of drug-likeness (QED) is 0.232. The summed E-state index contributed by atoms with van der Waals surface area (Å²) in [7, 11) is -4.01. The fourth-order valence-corrected chi connectivity index (χ4v) is 7.37. The molecule has 2 aliphatic rings. The van der Waals surface area contributed by atoms with Crippen LogP contribution in [0.2, 0.25) is 0 Å². The zero-order valence-corrected chi connectivity index (χ0v) is 24.1. The van der Waals surface area contributed by atoms with E-state index in [1.165, 1.54) is 22.5 Å². The van der Waals surface area contributed by atoms with Crippen LogP contribution in [0, 0.1) is 11.7 Å². The van der Waals surface area contributed by atoms with Gasteiger partial charge in [0.25, 0.3) is 0 Å². The highest BCUT2D eigenvalue weighted by Gasteiger charge is 2.47. The molecule has 1 fully saturated rings. The maximum atomic E-state index is 14.5. The number of sulfonamides is 1. The largest absolute Gasteiger partial charge is 0.349 e. The minimum atomic E-state index is -4.01. The number of halogens is 5. The van der Waals surface area contributed by atoms with Gasteiger partial charge in [-0.3, -0.25) is 14.8 Å². The van der Waals surface area contributed by atoms with Crippen molar-refractivity contribution >= 4 is 41.2 Å². The van der Waals surface area contributed by atoms with Crippen LogP contribution in [0.15, 0.2) is 53.5 Å². The van der Waals surface area contributed by atoms with Crippen LogP contribution in [0.1, 0.15) is 44.5 Å². The molecule has 1 amide bonds. The van der Waals surface area contributed by atoms with Crippen LogP contribution in [0.5, 0.6) is 0 Å². The summed E-state index contributed by atoms with van der Waals surface area (Å²) in [4.78, 5) is 21.0. The third-order valence-corrected chi connectivity index (χ3v) is 10.6. The topological polar surface area (TPSA) is 92.3 Å². The van der Waals surface area contributed by atoms with Crippen molar-refractivity contribution in [3.8, 4) is 11.1 Å². The fraction of sp³-hybridized carbons (Fsp3) is 0.385. The lowest BCUT2D eigenvalue weighted by molar-refractivity contribution is -0.124. The van der Waals surface area contributed by atoms with Gasteiger partial charge in [-0.05, 0) is 70.7 Å². The Labute approximate surface area is 234 Å². The molecular formula is C26H27F4IN4O3S. The van der Waals surface area contributed by atoms with Gasteiger partial charge in [-0.1, -0.05) is 17.5 Å². The van der Waals surface area contributed by atoms with E-state index in [9.17, 15) is 30.8 Å². The lowest BCUT2D eigenvalue weighted by Crippen LogP contribution is -2.48. The first-order valence-electron chi connectivity index (χ1n) is 12.1. The van der Waals surface area contributed by atoms with E-state index in [4.69, 9.17) is 0 Å². The standard InChI is InChI=1S/C26H27F4IN4O3S/c1-15-10-23(35(16(15)2)39(37,38)20-7-5-18(27)6-8-20)25(36)34-13-19-11-21(22(28)14-32-19)17-4-9-24(33-12-17)26(29,30)31-3/h4-5,7,9,11-12,14-16,23H,3,6,8,10,13H2,1-2H3,(H,34,36)/t15-,16+,23+/m1/s1. The monoisotopic (exact) mass is 678 g/mol. The van der Waals surface area contributed by atoms with E-state index < -0.39 is 70.0 Å². The smallest absolute Gasteiger partial charge is 0.332 e. The minimum Gasteiger partial charge on any atom is -0.349 e. The second-order valence-corrected chi connectivity index (χ2v) is 13.5. The van der Waals surface area contributed by atoms with E-state index >= 15 is 0 Å². The van der Waals surface area contributed by atoms with Gasteiger partial charge in [0.2, 0.25) is 15.9 Å². The molecule has 4 rings (SSSR count). The second-order valence-electron chi connectivity index (χ2n) is 9.49. The van der Waals surface area contributed by atoms with Crippen LogP contribution in [-0.2, 0) is 25.3 Å². The summed E-state index contributed by atoms with van der Waals surface area (Å²) in [6.45, 7) is 3.47. The summed E-state index contributed by atoms with van der Waals surface area (Å²) in [5.41, 5.74) is 0.173. The molecule has 0 aromatic carbocycles. The summed E-state index contributed by atoms with van der Waals surface area (Å²) >= 11 is -1.67. The lowest BCUT2D eigenvalue weighted by Gasteiger charge is -2.29. The number of carbonyl (C=O) groups excluding carboxylic acids is 1. The van der Waals surface area contributed by atoms with Crippen molar-refractivity contribution < 1.29 is 30.8 Å². The number of rotatable bonds is 8. The number of allylic oxidation sites excluding steroid dienone is 4. The molecule has 7 nitrogen and oxygen atoms in total. The molecule has 0 bridgehead atoms. The van der Waals surface area contributed by atoms with Crippen molar-refractivity contribution in [3.05, 3.63) is 70.7 Å². The maximum Gasteiger partial charge on any atom is 0.332 e.